The number of benzene rings is 2. The number of anilines is 1. The highest BCUT2D eigenvalue weighted by molar-refractivity contribution is 7.18. The number of thiazole rings is 1. The SMILES string of the molecule is Cc1nc2ccc(N[C@@H](C)C(=O)N(C)Cc3ccccc3)cc2s1. The maximum atomic E-state index is 12.6. The Kier molecular flexibility index (Phi) is 4.81. The van der Waals surface area contributed by atoms with Gasteiger partial charge in [-0.25, -0.2) is 4.98 Å². The van der Waals surface area contributed by atoms with Crippen molar-refractivity contribution >= 4 is 33.1 Å². The second-order valence-electron chi connectivity index (χ2n) is 5.96. The Morgan fingerprint density at radius 3 is 2.75 bits per heavy atom. The van der Waals surface area contributed by atoms with E-state index >= 15 is 0 Å². The van der Waals surface area contributed by atoms with E-state index in [0.717, 1.165) is 26.5 Å². The van der Waals surface area contributed by atoms with Crippen molar-refractivity contribution in [3.63, 3.8) is 0 Å². The van der Waals surface area contributed by atoms with Gasteiger partial charge in [-0.05, 0) is 37.6 Å². The van der Waals surface area contributed by atoms with Crippen molar-refractivity contribution in [1.82, 2.24) is 9.88 Å². The van der Waals surface area contributed by atoms with Crippen molar-refractivity contribution in [3.8, 4) is 0 Å². The molecule has 0 unspecified atom stereocenters. The predicted molar refractivity (Wildman–Crippen MR) is 100 cm³/mol. The van der Waals surface area contributed by atoms with Gasteiger partial charge in [-0.1, -0.05) is 30.3 Å². The molecule has 2 aromatic carbocycles. The number of nitrogens with one attached hydrogen (secondary N) is 1. The first-order valence-corrected chi connectivity index (χ1v) is 8.77. The Hall–Kier alpha value is -2.40. The summed E-state index contributed by atoms with van der Waals surface area (Å²) in [5.74, 6) is 0.0689. The third kappa shape index (κ3) is 3.74. The van der Waals surface area contributed by atoms with Crippen LogP contribution in [0.15, 0.2) is 48.5 Å². The van der Waals surface area contributed by atoms with Crippen molar-refractivity contribution in [2.45, 2.75) is 26.4 Å². The molecule has 5 heteroatoms. The van der Waals surface area contributed by atoms with E-state index in [1.54, 1.807) is 16.2 Å². The molecule has 3 rings (SSSR count). The van der Waals surface area contributed by atoms with Crippen LogP contribution in [0.4, 0.5) is 5.69 Å². The van der Waals surface area contributed by atoms with E-state index in [2.05, 4.69) is 16.4 Å². The van der Waals surface area contributed by atoms with Crippen molar-refractivity contribution in [3.05, 3.63) is 59.1 Å². The van der Waals surface area contributed by atoms with Gasteiger partial charge in [0.1, 0.15) is 6.04 Å². The minimum Gasteiger partial charge on any atom is -0.374 e. The molecule has 3 aromatic rings. The first kappa shape index (κ1) is 16.5. The van der Waals surface area contributed by atoms with E-state index in [4.69, 9.17) is 0 Å². The molecule has 124 valence electrons. The lowest BCUT2D eigenvalue weighted by atomic mass is 10.2. The highest BCUT2D eigenvalue weighted by Crippen LogP contribution is 2.25. The number of hydrogen-bond acceptors (Lipinski definition) is 4. The number of likely N-dealkylation sites (N-methyl/N-ethyl adjacent to an activating group) is 1. The topological polar surface area (TPSA) is 45.2 Å². The molecule has 1 heterocycles. The van der Waals surface area contributed by atoms with Crippen LogP contribution in [0.2, 0.25) is 0 Å². The number of carbonyl (C=O) groups excluding carboxylic acids is 1. The van der Waals surface area contributed by atoms with Crippen LogP contribution in [0.3, 0.4) is 0 Å². The summed E-state index contributed by atoms with van der Waals surface area (Å²) in [7, 11) is 1.84. The maximum Gasteiger partial charge on any atom is 0.244 e. The molecule has 0 bridgehead atoms. The van der Waals surface area contributed by atoms with Gasteiger partial charge in [-0.2, -0.15) is 0 Å². The summed E-state index contributed by atoms with van der Waals surface area (Å²) in [6, 6.07) is 15.8. The highest BCUT2D eigenvalue weighted by atomic mass is 32.1. The Balaban J connectivity index is 1.66. The van der Waals surface area contributed by atoms with E-state index in [1.165, 1.54) is 0 Å². The van der Waals surface area contributed by atoms with Crippen LogP contribution < -0.4 is 5.32 Å². The number of hydrogen-bond donors (Lipinski definition) is 1. The second-order valence-corrected chi connectivity index (χ2v) is 7.20. The Bertz CT molecular complexity index is 844. The number of amides is 1. The lowest BCUT2D eigenvalue weighted by molar-refractivity contribution is -0.130. The average Bonchev–Trinajstić information content (AvgIpc) is 2.94. The minimum atomic E-state index is -0.287. The molecule has 0 saturated carbocycles. The Morgan fingerprint density at radius 2 is 2.00 bits per heavy atom. The molecule has 0 spiro atoms. The van der Waals surface area contributed by atoms with Crippen LogP contribution in [-0.4, -0.2) is 28.9 Å². The molecule has 0 aliphatic heterocycles. The smallest absolute Gasteiger partial charge is 0.244 e. The number of rotatable bonds is 5. The van der Waals surface area contributed by atoms with Crippen molar-refractivity contribution in [2.75, 3.05) is 12.4 Å². The van der Waals surface area contributed by atoms with Gasteiger partial charge in [0.15, 0.2) is 0 Å². The monoisotopic (exact) mass is 339 g/mol. The van der Waals surface area contributed by atoms with Gasteiger partial charge >= 0.3 is 0 Å². The van der Waals surface area contributed by atoms with Crippen molar-refractivity contribution in [1.29, 1.82) is 0 Å². The summed E-state index contributed by atoms with van der Waals surface area (Å²) in [6.07, 6.45) is 0. The molecule has 0 fully saturated rings. The van der Waals surface area contributed by atoms with Crippen LogP contribution >= 0.6 is 11.3 Å². The molecule has 1 atom stereocenters. The molecule has 0 aliphatic rings. The van der Waals surface area contributed by atoms with Crippen molar-refractivity contribution < 1.29 is 4.79 Å². The van der Waals surface area contributed by atoms with Crippen LogP contribution in [0.5, 0.6) is 0 Å². The summed E-state index contributed by atoms with van der Waals surface area (Å²) < 4.78 is 1.13. The third-order valence-electron chi connectivity index (χ3n) is 3.89. The van der Waals surface area contributed by atoms with Gasteiger partial charge in [-0.3, -0.25) is 4.79 Å². The molecule has 24 heavy (non-hydrogen) atoms. The van der Waals surface area contributed by atoms with E-state index < -0.39 is 0 Å². The molecular weight excluding hydrogens is 318 g/mol. The third-order valence-corrected chi connectivity index (χ3v) is 4.82. The normalized spacial score (nSPS) is 12.1. The van der Waals surface area contributed by atoms with E-state index in [-0.39, 0.29) is 11.9 Å². The quantitative estimate of drug-likeness (QED) is 0.762. The average molecular weight is 339 g/mol. The molecule has 4 nitrogen and oxygen atoms in total. The first-order valence-electron chi connectivity index (χ1n) is 7.95. The van der Waals surface area contributed by atoms with E-state index in [1.807, 2.05) is 63.4 Å². The molecular formula is C19H21N3OS. The summed E-state index contributed by atoms with van der Waals surface area (Å²) >= 11 is 1.66. The zero-order chi connectivity index (χ0) is 17.1. The van der Waals surface area contributed by atoms with Gasteiger partial charge in [0.25, 0.3) is 0 Å². The van der Waals surface area contributed by atoms with Crippen LogP contribution in [-0.2, 0) is 11.3 Å². The number of aryl methyl sites for hydroxylation is 1. The molecule has 1 amide bonds. The summed E-state index contributed by atoms with van der Waals surface area (Å²) in [6.45, 7) is 4.51. The number of aromatic nitrogens is 1. The lowest BCUT2D eigenvalue weighted by Gasteiger charge is -2.23. The van der Waals surface area contributed by atoms with Gasteiger partial charge in [0, 0.05) is 19.3 Å². The number of carbonyl (C=O) groups is 1. The van der Waals surface area contributed by atoms with Gasteiger partial charge in [0.05, 0.1) is 15.2 Å². The fraction of sp³-hybridized carbons (Fsp3) is 0.263. The summed E-state index contributed by atoms with van der Waals surface area (Å²) in [5.41, 5.74) is 3.07. The van der Waals surface area contributed by atoms with Gasteiger partial charge in [-0.15, -0.1) is 11.3 Å². The summed E-state index contributed by atoms with van der Waals surface area (Å²) in [5, 5.41) is 4.35. The standard InChI is InChI=1S/C19H21N3OS/c1-13(19(23)22(3)12-15-7-5-4-6-8-15)20-16-9-10-17-18(11-16)24-14(2)21-17/h4-11,13,20H,12H2,1-3H3/t13-/m0/s1. The molecule has 0 radical (unpaired) electrons. The van der Waals surface area contributed by atoms with E-state index in [0.29, 0.717) is 6.54 Å². The van der Waals surface area contributed by atoms with Gasteiger partial charge in [0.2, 0.25) is 5.91 Å². The predicted octanol–water partition coefficient (Wildman–Crippen LogP) is 4.06. The summed E-state index contributed by atoms with van der Waals surface area (Å²) in [4.78, 5) is 18.8. The Labute approximate surface area is 146 Å². The highest BCUT2D eigenvalue weighted by Gasteiger charge is 2.17. The zero-order valence-corrected chi connectivity index (χ0v) is 14.9. The molecule has 1 aromatic heterocycles. The molecule has 0 saturated heterocycles. The zero-order valence-electron chi connectivity index (χ0n) is 14.1. The fourth-order valence-corrected chi connectivity index (χ4v) is 3.57. The van der Waals surface area contributed by atoms with Crippen LogP contribution in [0.1, 0.15) is 17.5 Å². The second kappa shape index (κ2) is 7.01. The fourth-order valence-electron chi connectivity index (χ4n) is 2.71. The first-order chi connectivity index (χ1) is 11.5. The van der Waals surface area contributed by atoms with Crippen LogP contribution in [0, 0.1) is 6.92 Å². The van der Waals surface area contributed by atoms with Crippen molar-refractivity contribution in [2.24, 2.45) is 0 Å². The number of nitrogens with zero attached hydrogens (tertiary/aromatic N) is 2. The largest absolute Gasteiger partial charge is 0.374 e. The minimum absolute atomic E-state index is 0.0689. The molecule has 0 aliphatic carbocycles. The number of fused-ring (bicyclic) bond motifs is 1. The van der Waals surface area contributed by atoms with Gasteiger partial charge < -0.3 is 10.2 Å². The lowest BCUT2D eigenvalue weighted by Crippen LogP contribution is -2.38. The molecule has 1 N–H and O–H groups in total. The Morgan fingerprint density at radius 1 is 1.25 bits per heavy atom. The maximum absolute atomic E-state index is 12.6. The van der Waals surface area contributed by atoms with Crippen LogP contribution in [0.25, 0.3) is 10.2 Å². The van der Waals surface area contributed by atoms with E-state index in [9.17, 15) is 4.79 Å².